The molecule has 0 radical (unpaired) electrons. The van der Waals surface area contributed by atoms with Crippen molar-refractivity contribution in [1.82, 2.24) is 10.5 Å². The Bertz CT molecular complexity index is 547. The monoisotopic (exact) mass is 262 g/mol. The van der Waals surface area contributed by atoms with E-state index in [4.69, 9.17) is 4.52 Å². The van der Waals surface area contributed by atoms with Crippen molar-refractivity contribution in [3.05, 3.63) is 51.7 Å². The van der Waals surface area contributed by atoms with Gasteiger partial charge >= 0.3 is 0 Å². The molecule has 3 nitrogen and oxygen atoms in total. The highest BCUT2D eigenvalue weighted by Gasteiger charge is 2.08. The van der Waals surface area contributed by atoms with Gasteiger partial charge in [0.05, 0.1) is 5.69 Å². The lowest BCUT2D eigenvalue weighted by Gasteiger charge is -2.08. The van der Waals surface area contributed by atoms with Gasteiger partial charge < -0.3 is 9.84 Å². The standard InChI is InChI=1S/C15H19FN2O/c1-9-5-13(6-10(2)15(9)16)7-17-8-14-11(3)18-19-12(14)4/h5-6,17H,7-8H2,1-4H3. The van der Waals surface area contributed by atoms with Crippen LogP contribution in [0.4, 0.5) is 4.39 Å². The molecule has 0 aliphatic carbocycles. The van der Waals surface area contributed by atoms with Gasteiger partial charge in [0.15, 0.2) is 0 Å². The number of hydrogen-bond acceptors (Lipinski definition) is 3. The zero-order chi connectivity index (χ0) is 14.0. The molecule has 1 aromatic carbocycles. The van der Waals surface area contributed by atoms with Crippen LogP contribution in [0, 0.1) is 33.5 Å². The minimum atomic E-state index is -0.116. The van der Waals surface area contributed by atoms with Crippen LogP contribution in [0.1, 0.15) is 33.7 Å². The van der Waals surface area contributed by atoms with Crippen LogP contribution in [-0.4, -0.2) is 5.16 Å². The first-order chi connectivity index (χ1) is 8.99. The van der Waals surface area contributed by atoms with Gasteiger partial charge in [0.25, 0.3) is 0 Å². The Kier molecular flexibility index (Phi) is 4.00. The van der Waals surface area contributed by atoms with Crippen LogP contribution in [-0.2, 0) is 13.1 Å². The van der Waals surface area contributed by atoms with Crippen LogP contribution in [0.3, 0.4) is 0 Å². The zero-order valence-corrected chi connectivity index (χ0v) is 11.8. The highest BCUT2D eigenvalue weighted by Crippen LogP contribution is 2.15. The van der Waals surface area contributed by atoms with E-state index in [9.17, 15) is 4.39 Å². The third-order valence-corrected chi connectivity index (χ3v) is 3.31. The summed E-state index contributed by atoms with van der Waals surface area (Å²) in [6, 6.07) is 3.76. The Labute approximate surface area is 112 Å². The molecule has 1 N–H and O–H groups in total. The Morgan fingerprint density at radius 3 is 2.26 bits per heavy atom. The Morgan fingerprint density at radius 1 is 1.11 bits per heavy atom. The van der Waals surface area contributed by atoms with E-state index in [-0.39, 0.29) is 5.82 Å². The van der Waals surface area contributed by atoms with Gasteiger partial charge in [-0.05, 0) is 44.4 Å². The molecule has 0 amide bonds. The van der Waals surface area contributed by atoms with Crippen LogP contribution in [0.5, 0.6) is 0 Å². The second-order valence-corrected chi connectivity index (χ2v) is 4.95. The first-order valence-electron chi connectivity index (χ1n) is 6.37. The van der Waals surface area contributed by atoms with Gasteiger partial charge in [-0.15, -0.1) is 0 Å². The van der Waals surface area contributed by atoms with Crippen molar-refractivity contribution in [2.75, 3.05) is 0 Å². The van der Waals surface area contributed by atoms with Gasteiger partial charge in [0.1, 0.15) is 11.6 Å². The molecule has 0 unspecified atom stereocenters. The fraction of sp³-hybridized carbons (Fsp3) is 0.400. The molecule has 2 aromatic rings. The maximum absolute atomic E-state index is 13.5. The summed E-state index contributed by atoms with van der Waals surface area (Å²) in [5.41, 5.74) is 4.47. The van der Waals surface area contributed by atoms with Crippen LogP contribution >= 0.6 is 0 Å². The molecule has 19 heavy (non-hydrogen) atoms. The second-order valence-electron chi connectivity index (χ2n) is 4.95. The fourth-order valence-corrected chi connectivity index (χ4v) is 2.22. The first-order valence-corrected chi connectivity index (χ1v) is 6.37. The molecule has 0 fully saturated rings. The van der Waals surface area contributed by atoms with Crippen molar-refractivity contribution in [1.29, 1.82) is 0 Å². The molecule has 0 saturated carbocycles. The second kappa shape index (κ2) is 5.53. The fourth-order valence-electron chi connectivity index (χ4n) is 2.22. The molecule has 0 aliphatic heterocycles. The minimum Gasteiger partial charge on any atom is -0.361 e. The number of benzene rings is 1. The maximum Gasteiger partial charge on any atom is 0.138 e. The summed E-state index contributed by atoms with van der Waals surface area (Å²) in [5.74, 6) is 0.728. The molecular formula is C15H19FN2O. The number of hydrogen-bond donors (Lipinski definition) is 1. The molecule has 4 heteroatoms. The van der Waals surface area contributed by atoms with E-state index in [2.05, 4.69) is 10.5 Å². The van der Waals surface area contributed by atoms with E-state index in [0.717, 1.165) is 22.6 Å². The van der Waals surface area contributed by atoms with E-state index in [1.54, 1.807) is 13.8 Å². The van der Waals surface area contributed by atoms with Gasteiger partial charge in [-0.3, -0.25) is 0 Å². The summed E-state index contributed by atoms with van der Waals surface area (Å²) in [6.07, 6.45) is 0. The highest BCUT2D eigenvalue weighted by atomic mass is 19.1. The van der Waals surface area contributed by atoms with Gasteiger partial charge in [-0.25, -0.2) is 4.39 Å². The Morgan fingerprint density at radius 2 is 1.74 bits per heavy atom. The largest absolute Gasteiger partial charge is 0.361 e. The van der Waals surface area contributed by atoms with Crippen molar-refractivity contribution in [2.24, 2.45) is 0 Å². The summed E-state index contributed by atoms with van der Waals surface area (Å²) in [7, 11) is 0. The summed E-state index contributed by atoms with van der Waals surface area (Å²) in [4.78, 5) is 0. The third kappa shape index (κ3) is 3.01. The summed E-state index contributed by atoms with van der Waals surface area (Å²) in [5, 5.41) is 7.25. The molecule has 0 bridgehead atoms. The average Bonchev–Trinajstić information content (AvgIpc) is 2.67. The van der Waals surface area contributed by atoms with Gasteiger partial charge in [0.2, 0.25) is 0 Å². The Hall–Kier alpha value is -1.68. The Balaban J connectivity index is 2.00. The number of nitrogens with one attached hydrogen (secondary N) is 1. The van der Waals surface area contributed by atoms with Crippen molar-refractivity contribution in [3.63, 3.8) is 0 Å². The van der Waals surface area contributed by atoms with E-state index >= 15 is 0 Å². The summed E-state index contributed by atoms with van der Waals surface area (Å²) >= 11 is 0. The lowest BCUT2D eigenvalue weighted by atomic mass is 10.1. The van der Waals surface area contributed by atoms with E-state index < -0.39 is 0 Å². The van der Waals surface area contributed by atoms with Gasteiger partial charge in [0, 0.05) is 18.7 Å². The number of halogens is 1. The highest BCUT2D eigenvalue weighted by molar-refractivity contribution is 5.30. The van der Waals surface area contributed by atoms with Crippen molar-refractivity contribution >= 4 is 0 Å². The number of nitrogens with zero attached hydrogens (tertiary/aromatic N) is 1. The molecule has 1 heterocycles. The van der Waals surface area contributed by atoms with Gasteiger partial charge in [-0.1, -0.05) is 17.3 Å². The van der Waals surface area contributed by atoms with Crippen molar-refractivity contribution in [3.8, 4) is 0 Å². The van der Waals surface area contributed by atoms with E-state index in [1.165, 1.54) is 0 Å². The topological polar surface area (TPSA) is 38.1 Å². The normalized spacial score (nSPS) is 11.0. The van der Waals surface area contributed by atoms with Crippen LogP contribution < -0.4 is 5.32 Å². The van der Waals surface area contributed by atoms with Crippen LogP contribution in [0.2, 0.25) is 0 Å². The van der Waals surface area contributed by atoms with Crippen LogP contribution in [0.15, 0.2) is 16.7 Å². The SMILES string of the molecule is Cc1cc(CNCc2c(C)noc2C)cc(C)c1F. The average molecular weight is 262 g/mol. The number of rotatable bonds is 4. The van der Waals surface area contributed by atoms with Crippen molar-refractivity contribution < 1.29 is 8.91 Å². The molecule has 0 aliphatic rings. The maximum atomic E-state index is 13.5. The number of aryl methyl sites for hydroxylation is 4. The molecule has 0 spiro atoms. The molecule has 102 valence electrons. The van der Waals surface area contributed by atoms with E-state index in [0.29, 0.717) is 24.2 Å². The lowest BCUT2D eigenvalue weighted by Crippen LogP contribution is -2.14. The van der Waals surface area contributed by atoms with Crippen LogP contribution in [0.25, 0.3) is 0 Å². The molecule has 2 rings (SSSR count). The zero-order valence-electron chi connectivity index (χ0n) is 11.8. The quantitative estimate of drug-likeness (QED) is 0.918. The number of aromatic nitrogens is 1. The lowest BCUT2D eigenvalue weighted by molar-refractivity contribution is 0.392. The molecule has 0 saturated heterocycles. The van der Waals surface area contributed by atoms with Crippen molar-refractivity contribution in [2.45, 2.75) is 40.8 Å². The van der Waals surface area contributed by atoms with E-state index in [1.807, 2.05) is 26.0 Å². The van der Waals surface area contributed by atoms with Gasteiger partial charge in [-0.2, -0.15) is 0 Å². The molecule has 0 atom stereocenters. The predicted octanol–water partition coefficient (Wildman–Crippen LogP) is 3.34. The molecule has 1 aromatic heterocycles. The minimum absolute atomic E-state index is 0.116. The summed E-state index contributed by atoms with van der Waals surface area (Å²) < 4.78 is 18.6. The summed E-state index contributed by atoms with van der Waals surface area (Å²) in [6.45, 7) is 8.83. The smallest absolute Gasteiger partial charge is 0.138 e. The first kappa shape index (κ1) is 13.7. The third-order valence-electron chi connectivity index (χ3n) is 3.31. The predicted molar refractivity (Wildman–Crippen MR) is 72.4 cm³/mol. The molecular weight excluding hydrogens is 243 g/mol.